The molecule has 5 heteroatoms. The number of benzene rings is 1. The Hall–Kier alpha value is -0.650. The predicted octanol–water partition coefficient (Wildman–Crippen LogP) is 5.80. The first-order valence-electron chi connectivity index (χ1n) is 7.55. The standard InChI is InChI=1S/C18H25NOS3/c1-13-10-11-14(16(12-13)22-6)19-23(20,18(2,3)4)17-9-7-8-15(17)21-5/h7-12,17H,1-6H3. The minimum Gasteiger partial charge on any atom is -0.248 e. The quantitative estimate of drug-likeness (QED) is 0.630. The van der Waals surface area contributed by atoms with E-state index in [1.807, 2.05) is 57.6 Å². The summed E-state index contributed by atoms with van der Waals surface area (Å²) in [7, 11) is -2.51. The van der Waals surface area contributed by atoms with Gasteiger partial charge in [-0.3, -0.25) is 0 Å². The molecule has 2 nitrogen and oxygen atoms in total. The van der Waals surface area contributed by atoms with Crippen molar-refractivity contribution in [3.8, 4) is 0 Å². The van der Waals surface area contributed by atoms with Crippen molar-refractivity contribution in [1.82, 2.24) is 0 Å². The van der Waals surface area contributed by atoms with Crippen molar-refractivity contribution in [1.29, 1.82) is 0 Å². The van der Waals surface area contributed by atoms with Crippen molar-refractivity contribution in [2.24, 2.45) is 4.36 Å². The van der Waals surface area contributed by atoms with Crippen LogP contribution in [0.4, 0.5) is 5.69 Å². The second-order valence-electron chi connectivity index (χ2n) is 6.53. The number of aryl methyl sites for hydroxylation is 1. The van der Waals surface area contributed by atoms with Gasteiger partial charge in [-0.1, -0.05) is 24.3 Å². The number of nitrogens with zero attached hydrogens (tertiary/aromatic N) is 1. The van der Waals surface area contributed by atoms with Crippen molar-refractivity contribution < 1.29 is 4.21 Å². The lowest BCUT2D eigenvalue weighted by Crippen LogP contribution is -2.36. The molecule has 0 N–H and O–H groups in total. The van der Waals surface area contributed by atoms with Crippen molar-refractivity contribution in [3.05, 3.63) is 46.9 Å². The van der Waals surface area contributed by atoms with E-state index in [-0.39, 0.29) is 5.25 Å². The maximum Gasteiger partial charge on any atom is 0.0930 e. The van der Waals surface area contributed by atoms with Crippen LogP contribution in [0, 0.1) is 6.92 Å². The first-order valence-corrected chi connectivity index (χ1v) is 11.6. The molecule has 0 aromatic heterocycles. The van der Waals surface area contributed by atoms with Crippen LogP contribution in [-0.4, -0.2) is 26.7 Å². The van der Waals surface area contributed by atoms with Gasteiger partial charge in [-0.2, -0.15) is 4.36 Å². The smallest absolute Gasteiger partial charge is 0.0930 e. The van der Waals surface area contributed by atoms with E-state index in [9.17, 15) is 4.21 Å². The average Bonchev–Trinajstić information content (AvgIpc) is 2.96. The fourth-order valence-electron chi connectivity index (χ4n) is 2.47. The van der Waals surface area contributed by atoms with Crippen LogP contribution >= 0.6 is 23.5 Å². The monoisotopic (exact) mass is 367 g/mol. The molecule has 1 aliphatic carbocycles. The van der Waals surface area contributed by atoms with Crippen molar-refractivity contribution >= 4 is 38.9 Å². The van der Waals surface area contributed by atoms with Gasteiger partial charge in [-0.25, -0.2) is 4.21 Å². The maximum atomic E-state index is 14.0. The molecule has 0 amide bonds. The summed E-state index contributed by atoms with van der Waals surface area (Å²) in [5.74, 6) is 0. The fourth-order valence-corrected chi connectivity index (χ4v) is 6.66. The van der Waals surface area contributed by atoms with Gasteiger partial charge in [-0.05, 0) is 57.9 Å². The Bertz CT molecular complexity index is 763. The van der Waals surface area contributed by atoms with Crippen molar-refractivity contribution in [2.75, 3.05) is 12.5 Å². The predicted molar refractivity (Wildman–Crippen MR) is 107 cm³/mol. The zero-order valence-corrected chi connectivity index (χ0v) is 17.1. The Morgan fingerprint density at radius 1 is 1.17 bits per heavy atom. The van der Waals surface area contributed by atoms with E-state index in [2.05, 4.69) is 19.1 Å². The van der Waals surface area contributed by atoms with Crippen molar-refractivity contribution in [3.63, 3.8) is 0 Å². The van der Waals surface area contributed by atoms with Crippen LogP contribution in [0.1, 0.15) is 26.3 Å². The van der Waals surface area contributed by atoms with E-state index in [4.69, 9.17) is 4.36 Å². The Balaban J connectivity index is 2.68. The van der Waals surface area contributed by atoms with E-state index >= 15 is 0 Å². The second kappa shape index (κ2) is 7.08. The molecule has 0 heterocycles. The summed E-state index contributed by atoms with van der Waals surface area (Å²) in [6, 6.07) is 6.15. The highest BCUT2D eigenvalue weighted by atomic mass is 32.2. The molecule has 0 spiro atoms. The van der Waals surface area contributed by atoms with Crippen LogP contribution in [0.3, 0.4) is 0 Å². The molecule has 1 aromatic rings. The van der Waals surface area contributed by atoms with Gasteiger partial charge in [0.05, 0.1) is 20.7 Å². The number of allylic oxidation sites excluding steroid dienone is 2. The molecule has 2 atom stereocenters. The van der Waals surface area contributed by atoms with E-state index in [1.54, 1.807) is 23.5 Å². The molecule has 0 fully saturated rings. The van der Waals surface area contributed by atoms with E-state index in [0.29, 0.717) is 0 Å². The van der Waals surface area contributed by atoms with Crippen LogP contribution in [-0.2, 0) is 9.73 Å². The normalized spacial score (nSPS) is 20.3. The summed E-state index contributed by atoms with van der Waals surface area (Å²) in [4.78, 5) is 2.21. The third kappa shape index (κ3) is 3.72. The minimum absolute atomic E-state index is 0.131. The molecule has 0 saturated carbocycles. The molecule has 1 aliphatic rings. The molecule has 2 unspecified atom stereocenters. The van der Waals surface area contributed by atoms with Gasteiger partial charge in [0.25, 0.3) is 0 Å². The second-order valence-corrected chi connectivity index (χ2v) is 11.3. The summed E-state index contributed by atoms with van der Waals surface area (Å²) >= 11 is 3.31. The molecule has 1 aromatic carbocycles. The van der Waals surface area contributed by atoms with Crippen LogP contribution in [0.5, 0.6) is 0 Å². The number of rotatable bonds is 4. The van der Waals surface area contributed by atoms with E-state index < -0.39 is 14.5 Å². The largest absolute Gasteiger partial charge is 0.248 e. The van der Waals surface area contributed by atoms with Crippen LogP contribution in [0.2, 0.25) is 0 Å². The Morgan fingerprint density at radius 2 is 1.87 bits per heavy atom. The summed E-state index contributed by atoms with van der Waals surface area (Å²) < 4.78 is 18.5. The maximum absolute atomic E-state index is 14.0. The first-order chi connectivity index (χ1) is 10.7. The van der Waals surface area contributed by atoms with Crippen LogP contribution in [0.25, 0.3) is 0 Å². The molecule has 0 bridgehead atoms. The van der Waals surface area contributed by atoms with Gasteiger partial charge >= 0.3 is 0 Å². The summed E-state index contributed by atoms with van der Waals surface area (Å²) in [6.07, 6.45) is 10.2. The van der Waals surface area contributed by atoms with Crippen LogP contribution < -0.4 is 0 Å². The number of hydrogen-bond donors (Lipinski definition) is 0. The molecule has 0 radical (unpaired) electrons. The van der Waals surface area contributed by atoms with E-state index in [1.165, 1.54) is 5.56 Å². The zero-order valence-electron chi connectivity index (χ0n) is 14.6. The van der Waals surface area contributed by atoms with Crippen molar-refractivity contribution in [2.45, 2.75) is 42.6 Å². The summed E-state index contributed by atoms with van der Waals surface area (Å²) in [5.41, 5.74) is 2.03. The molecular weight excluding hydrogens is 342 g/mol. The molecule has 23 heavy (non-hydrogen) atoms. The Kier molecular flexibility index (Phi) is 5.75. The third-order valence-corrected chi connectivity index (χ3v) is 8.95. The Labute approximate surface area is 149 Å². The third-order valence-electron chi connectivity index (χ3n) is 3.85. The topological polar surface area (TPSA) is 29.4 Å². The lowest BCUT2D eigenvalue weighted by molar-refractivity contribution is 0.638. The minimum atomic E-state index is -2.51. The van der Waals surface area contributed by atoms with Gasteiger partial charge < -0.3 is 0 Å². The zero-order chi connectivity index (χ0) is 17.3. The van der Waals surface area contributed by atoms with Gasteiger partial charge in [0, 0.05) is 14.5 Å². The number of hydrogen-bond acceptors (Lipinski definition) is 4. The van der Waals surface area contributed by atoms with Crippen LogP contribution in [0.15, 0.2) is 50.6 Å². The van der Waals surface area contributed by atoms with E-state index in [0.717, 1.165) is 15.5 Å². The van der Waals surface area contributed by atoms with Gasteiger partial charge in [0.2, 0.25) is 0 Å². The summed E-state index contributed by atoms with van der Waals surface area (Å²) in [5, 5.41) is -0.131. The molecule has 0 saturated heterocycles. The fraction of sp³-hybridized carbons (Fsp3) is 0.444. The molecule has 2 rings (SSSR count). The lowest BCUT2D eigenvalue weighted by atomic mass is 10.2. The molecule has 0 aliphatic heterocycles. The lowest BCUT2D eigenvalue weighted by Gasteiger charge is -2.30. The van der Waals surface area contributed by atoms with Gasteiger partial charge in [-0.15, -0.1) is 23.5 Å². The summed E-state index contributed by atoms with van der Waals surface area (Å²) in [6.45, 7) is 8.14. The SMILES string of the molecule is CSC1=CC=CC1S(=O)(=Nc1ccc(C)cc1SC)C(C)(C)C. The Morgan fingerprint density at radius 3 is 2.43 bits per heavy atom. The first kappa shape index (κ1) is 18.7. The highest BCUT2D eigenvalue weighted by Crippen LogP contribution is 2.39. The van der Waals surface area contributed by atoms with Gasteiger partial charge in [0.15, 0.2) is 0 Å². The average molecular weight is 368 g/mol. The van der Waals surface area contributed by atoms with Gasteiger partial charge in [0.1, 0.15) is 0 Å². The molecule has 126 valence electrons. The highest BCUT2D eigenvalue weighted by Gasteiger charge is 2.37. The molecular formula is C18H25NOS3. The number of thioether (sulfide) groups is 2. The highest BCUT2D eigenvalue weighted by molar-refractivity contribution is 8.04.